The number of ether oxygens (including phenoxy) is 2. The van der Waals surface area contributed by atoms with Gasteiger partial charge in [0.15, 0.2) is 11.5 Å². The predicted molar refractivity (Wildman–Crippen MR) is 103 cm³/mol. The maximum atomic E-state index is 12.6. The molecule has 1 aliphatic heterocycles. The first-order valence-electron chi connectivity index (χ1n) is 9.38. The minimum Gasteiger partial charge on any atom is -0.454 e. The number of carbonyl (C=O) groups excluding carboxylic acids is 1. The molecule has 3 rings (SSSR count). The van der Waals surface area contributed by atoms with Crippen molar-refractivity contribution in [3.63, 3.8) is 0 Å². The van der Waals surface area contributed by atoms with Crippen molar-refractivity contribution in [2.45, 2.75) is 40.2 Å². The number of amides is 1. The number of aromatic nitrogens is 2. The lowest BCUT2D eigenvalue weighted by atomic mass is 10.2. The van der Waals surface area contributed by atoms with Gasteiger partial charge < -0.3 is 19.7 Å². The van der Waals surface area contributed by atoms with E-state index in [1.165, 1.54) is 0 Å². The van der Waals surface area contributed by atoms with Crippen molar-refractivity contribution in [2.24, 2.45) is 0 Å². The summed E-state index contributed by atoms with van der Waals surface area (Å²) in [6, 6.07) is 7.41. The Hall–Kier alpha value is -2.83. The molecule has 0 saturated heterocycles. The Morgan fingerprint density at radius 2 is 1.85 bits per heavy atom. The third-order valence-corrected chi connectivity index (χ3v) is 4.26. The minimum absolute atomic E-state index is 0.215. The van der Waals surface area contributed by atoms with Gasteiger partial charge in [-0.15, -0.1) is 0 Å². The Kier molecular flexibility index (Phi) is 6.11. The molecule has 27 heavy (non-hydrogen) atoms. The molecule has 2 heterocycles. The molecular weight excluding hydrogens is 344 g/mol. The highest BCUT2D eigenvalue weighted by Crippen LogP contribution is 2.32. The van der Waals surface area contributed by atoms with Crippen molar-refractivity contribution in [2.75, 3.05) is 24.8 Å². The van der Waals surface area contributed by atoms with Crippen LogP contribution in [-0.4, -0.2) is 35.8 Å². The molecule has 2 aromatic rings. The minimum atomic E-state index is -0.215. The molecule has 1 aromatic carbocycles. The molecule has 7 heteroatoms. The standard InChI is InChI=1S/C20H26N4O3/c1-4-8-24(9-5-2)19-11-16(22-14(3)23-19)20(25)21-12-15-6-7-17-18(10-15)27-13-26-17/h6-7,10-11H,4-5,8-9,12-13H2,1-3H3,(H,21,25). The van der Waals surface area contributed by atoms with E-state index in [0.717, 1.165) is 43.1 Å². The SMILES string of the molecule is CCCN(CCC)c1cc(C(=O)NCc2ccc3c(c2)OCO3)nc(C)n1. The van der Waals surface area contributed by atoms with Gasteiger partial charge in [0, 0.05) is 25.7 Å². The number of anilines is 1. The molecule has 1 amide bonds. The van der Waals surface area contributed by atoms with Gasteiger partial charge in [-0.05, 0) is 37.5 Å². The van der Waals surface area contributed by atoms with E-state index in [-0.39, 0.29) is 12.7 Å². The summed E-state index contributed by atoms with van der Waals surface area (Å²) in [5, 5.41) is 2.92. The monoisotopic (exact) mass is 370 g/mol. The Morgan fingerprint density at radius 1 is 1.11 bits per heavy atom. The lowest BCUT2D eigenvalue weighted by Gasteiger charge is -2.23. The molecule has 144 valence electrons. The highest BCUT2D eigenvalue weighted by Gasteiger charge is 2.16. The van der Waals surface area contributed by atoms with Gasteiger partial charge in [-0.1, -0.05) is 19.9 Å². The molecule has 0 bridgehead atoms. The Labute approximate surface area is 159 Å². The van der Waals surface area contributed by atoms with Crippen LogP contribution in [0.4, 0.5) is 5.82 Å². The summed E-state index contributed by atoms with van der Waals surface area (Å²) >= 11 is 0. The molecule has 1 aromatic heterocycles. The van der Waals surface area contributed by atoms with Crippen molar-refractivity contribution in [3.8, 4) is 11.5 Å². The van der Waals surface area contributed by atoms with Crippen molar-refractivity contribution in [1.29, 1.82) is 0 Å². The van der Waals surface area contributed by atoms with Crippen LogP contribution in [0.25, 0.3) is 0 Å². The van der Waals surface area contributed by atoms with Gasteiger partial charge in [-0.3, -0.25) is 4.79 Å². The van der Waals surface area contributed by atoms with Gasteiger partial charge in [0.25, 0.3) is 5.91 Å². The van der Waals surface area contributed by atoms with Gasteiger partial charge >= 0.3 is 0 Å². The van der Waals surface area contributed by atoms with E-state index >= 15 is 0 Å². The fourth-order valence-electron chi connectivity index (χ4n) is 3.03. The van der Waals surface area contributed by atoms with E-state index in [4.69, 9.17) is 9.47 Å². The summed E-state index contributed by atoms with van der Waals surface area (Å²) in [4.78, 5) is 23.6. The number of hydrogen-bond donors (Lipinski definition) is 1. The third kappa shape index (κ3) is 4.67. The first-order chi connectivity index (χ1) is 13.1. The molecule has 0 saturated carbocycles. The normalized spacial score (nSPS) is 12.1. The summed E-state index contributed by atoms with van der Waals surface area (Å²) < 4.78 is 10.7. The highest BCUT2D eigenvalue weighted by atomic mass is 16.7. The van der Waals surface area contributed by atoms with Crippen molar-refractivity contribution >= 4 is 11.7 Å². The zero-order chi connectivity index (χ0) is 19.2. The molecule has 0 aliphatic carbocycles. The molecular formula is C20H26N4O3. The molecule has 0 radical (unpaired) electrons. The first kappa shape index (κ1) is 18.9. The first-order valence-corrected chi connectivity index (χ1v) is 9.38. The van der Waals surface area contributed by atoms with Gasteiger partial charge in [0.2, 0.25) is 6.79 Å². The third-order valence-electron chi connectivity index (χ3n) is 4.26. The summed E-state index contributed by atoms with van der Waals surface area (Å²) in [7, 11) is 0. The van der Waals surface area contributed by atoms with E-state index in [1.54, 1.807) is 6.07 Å². The summed E-state index contributed by atoms with van der Waals surface area (Å²) in [6.07, 6.45) is 2.05. The zero-order valence-electron chi connectivity index (χ0n) is 16.1. The Bertz CT molecular complexity index is 804. The van der Waals surface area contributed by atoms with E-state index < -0.39 is 0 Å². The van der Waals surface area contributed by atoms with Crippen molar-refractivity contribution in [1.82, 2.24) is 15.3 Å². The second-order valence-electron chi connectivity index (χ2n) is 6.52. The maximum Gasteiger partial charge on any atom is 0.270 e. The van der Waals surface area contributed by atoms with Crippen molar-refractivity contribution < 1.29 is 14.3 Å². The highest BCUT2D eigenvalue weighted by molar-refractivity contribution is 5.92. The molecule has 1 N–H and O–H groups in total. The molecule has 0 unspecified atom stereocenters. The predicted octanol–water partition coefficient (Wildman–Crippen LogP) is 3.07. The van der Waals surface area contributed by atoms with Gasteiger partial charge in [-0.25, -0.2) is 9.97 Å². The zero-order valence-corrected chi connectivity index (χ0v) is 16.1. The van der Waals surface area contributed by atoms with Crippen LogP contribution in [0.1, 0.15) is 48.6 Å². The number of aryl methyl sites for hydroxylation is 1. The molecule has 0 fully saturated rings. The maximum absolute atomic E-state index is 12.6. The van der Waals surface area contributed by atoms with Gasteiger partial charge in [0.05, 0.1) is 0 Å². The van der Waals surface area contributed by atoms with E-state index in [0.29, 0.717) is 23.8 Å². The van der Waals surface area contributed by atoms with Crippen LogP contribution in [0.3, 0.4) is 0 Å². The largest absolute Gasteiger partial charge is 0.454 e. The molecule has 7 nitrogen and oxygen atoms in total. The number of benzene rings is 1. The summed E-state index contributed by atoms with van der Waals surface area (Å²) in [5.74, 6) is 2.62. The van der Waals surface area contributed by atoms with Crippen LogP contribution in [0.15, 0.2) is 24.3 Å². The lowest BCUT2D eigenvalue weighted by molar-refractivity contribution is 0.0945. The van der Waals surface area contributed by atoms with E-state index in [1.807, 2.05) is 25.1 Å². The van der Waals surface area contributed by atoms with Crippen LogP contribution < -0.4 is 19.7 Å². The number of carbonyl (C=O) groups is 1. The molecule has 1 aliphatic rings. The topological polar surface area (TPSA) is 76.6 Å². The average molecular weight is 370 g/mol. The van der Waals surface area contributed by atoms with Crippen LogP contribution in [-0.2, 0) is 6.54 Å². The number of fused-ring (bicyclic) bond motifs is 1. The molecule has 0 atom stereocenters. The van der Waals surface area contributed by atoms with Crippen molar-refractivity contribution in [3.05, 3.63) is 41.3 Å². The lowest BCUT2D eigenvalue weighted by Crippen LogP contribution is -2.28. The number of rotatable bonds is 8. The Morgan fingerprint density at radius 3 is 2.59 bits per heavy atom. The van der Waals surface area contributed by atoms with Crippen LogP contribution >= 0.6 is 0 Å². The van der Waals surface area contributed by atoms with Gasteiger partial charge in [-0.2, -0.15) is 0 Å². The second-order valence-corrected chi connectivity index (χ2v) is 6.52. The smallest absolute Gasteiger partial charge is 0.270 e. The van der Waals surface area contributed by atoms with Crippen LogP contribution in [0.2, 0.25) is 0 Å². The number of hydrogen-bond acceptors (Lipinski definition) is 6. The quantitative estimate of drug-likeness (QED) is 0.770. The van der Waals surface area contributed by atoms with E-state index in [9.17, 15) is 4.79 Å². The van der Waals surface area contributed by atoms with Crippen LogP contribution in [0, 0.1) is 6.92 Å². The average Bonchev–Trinajstić information content (AvgIpc) is 3.13. The van der Waals surface area contributed by atoms with Crippen LogP contribution in [0.5, 0.6) is 11.5 Å². The summed E-state index contributed by atoms with van der Waals surface area (Å²) in [5.41, 5.74) is 1.33. The van der Waals surface area contributed by atoms with E-state index in [2.05, 4.69) is 34.0 Å². The summed E-state index contributed by atoms with van der Waals surface area (Å²) in [6.45, 7) is 8.52. The van der Waals surface area contributed by atoms with Gasteiger partial charge in [0.1, 0.15) is 17.3 Å². The fraction of sp³-hybridized carbons (Fsp3) is 0.450. The fourth-order valence-corrected chi connectivity index (χ4v) is 3.03. The Balaban J connectivity index is 1.70. The second kappa shape index (κ2) is 8.70. The number of nitrogens with zero attached hydrogens (tertiary/aromatic N) is 3. The number of nitrogens with one attached hydrogen (secondary N) is 1. The molecule has 0 spiro atoms.